The highest BCUT2D eigenvalue weighted by Gasteiger charge is 2.16. The molecule has 1 amide bonds. The first-order chi connectivity index (χ1) is 15.3. The molecule has 3 rings (SSSR count). The van der Waals surface area contributed by atoms with Crippen molar-refractivity contribution in [2.24, 2.45) is 0 Å². The number of nitrogens with one attached hydrogen (secondary N) is 2. The van der Waals surface area contributed by atoms with Crippen LogP contribution in [-0.2, 0) is 24.3 Å². The Kier molecular flexibility index (Phi) is 8.29. The summed E-state index contributed by atoms with van der Waals surface area (Å²) >= 11 is 7.35. The van der Waals surface area contributed by atoms with Crippen molar-refractivity contribution in [2.45, 2.75) is 14.7 Å². The fourth-order valence-corrected chi connectivity index (χ4v) is 4.53. The van der Waals surface area contributed by atoms with Gasteiger partial charge >= 0.3 is 5.97 Å². The molecule has 0 bridgehead atoms. The van der Waals surface area contributed by atoms with Crippen molar-refractivity contribution in [3.8, 4) is 0 Å². The SMILES string of the molecule is O=C(COC(=O)CNS(=O)(=O)c1ccccc1)Nc1ccccc1Sc1ccc(Cl)cc1. The minimum absolute atomic E-state index is 0.0281. The molecule has 3 aromatic carbocycles. The molecule has 32 heavy (non-hydrogen) atoms. The highest BCUT2D eigenvalue weighted by molar-refractivity contribution is 7.99. The van der Waals surface area contributed by atoms with Crippen LogP contribution in [0, 0.1) is 0 Å². The van der Waals surface area contributed by atoms with Gasteiger partial charge < -0.3 is 10.1 Å². The normalized spacial score (nSPS) is 11.0. The molecule has 0 saturated heterocycles. The van der Waals surface area contributed by atoms with Gasteiger partial charge in [0.2, 0.25) is 10.0 Å². The summed E-state index contributed by atoms with van der Waals surface area (Å²) in [6.07, 6.45) is 0. The predicted molar refractivity (Wildman–Crippen MR) is 123 cm³/mol. The molecule has 7 nitrogen and oxygen atoms in total. The van der Waals surface area contributed by atoms with Crippen LogP contribution in [-0.4, -0.2) is 33.4 Å². The number of hydrogen-bond donors (Lipinski definition) is 2. The number of ether oxygens (including phenoxy) is 1. The molecule has 0 saturated carbocycles. The molecule has 0 fully saturated rings. The van der Waals surface area contributed by atoms with Gasteiger partial charge in [0.05, 0.1) is 10.6 Å². The number of anilines is 1. The summed E-state index contributed by atoms with van der Waals surface area (Å²) in [5.41, 5.74) is 0.554. The fourth-order valence-electron chi connectivity index (χ4n) is 2.51. The summed E-state index contributed by atoms with van der Waals surface area (Å²) in [6.45, 7) is -1.14. The van der Waals surface area contributed by atoms with Crippen LogP contribution in [0.1, 0.15) is 0 Å². The molecule has 0 spiro atoms. The van der Waals surface area contributed by atoms with Gasteiger partial charge in [-0.15, -0.1) is 0 Å². The average Bonchev–Trinajstić information content (AvgIpc) is 2.80. The van der Waals surface area contributed by atoms with E-state index in [0.29, 0.717) is 10.7 Å². The van der Waals surface area contributed by atoms with Gasteiger partial charge in [0, 0.05) is 14.8 Å². The lowest BCUT2D eigenvalue weighted by Gasteiger charge is -2.11. The van der Waals surface area contributed by atoms with Crippen molar-refractivity contribution >= 4 is 50.9 Å². The van der Waals surface area contributed by atoms with Crippen LogP contribution in [0.2, 0.25) is 5.02 Å². The number of esters is 1. The van der Waals surface area contributed by atoms with E-state index in [1.807, 2.05) is 24.3 Å². The molecule has 2 N–H and O–H groups in total. The molecule has 3 aromatic rings. The third-order valence-corrected chi connectivity index (χ3v) is 6.78. The standard InChI is InChI=1S/C22H19ClN2O5S2/c23-16-10-12-17(13-11-16)31-20-9-5-4-8-19(20)25-21(26)15-30-22(27)14-24-32(28,29)18-6-2-1-3-7-18/h1-13,24H,14-15H2,(H,25,26). The number of benzene rings is 3. The zero-order valence-electron chi connectivity index (χ0n) is 16.7. The van der Waals surface area contributed by atoms with Crippen molar-refractivity contribution in [2.75, 3.05) is 18.5 Å². The maximum Gasteiger partial charge on any atom is 0.321 e. The van der Waals surface area contributed by atoms with Crippen molar-refractivity contribution in [1.82, 2.24) is 4.72 Å². The van der Waals surface area contributed by atoms with Crippen LogP contribution >= 0.6 is 23.4 Å². The number of carbonyl (C=O) groups excluding carboxylic acids is 2. The van der Waals surface area contributed by atoms with Crippen LogP contribution in [0.25, 0.3) is 0 Å². The number of sulfonamides is 1. The maximum atomic E-state index is 12.2. The summed E-state index contributed by atoms with van der Waals surface area (Å²) in [6, 6.07) is 22.1. The van der Waals surface area contributed by atoms with Gasteiger partial charge in [0.15, 0.2) is 6.61 Å². The number of para-hydroxylation sites is 1. The van der Waals surface area contributed by atoms with Crippen LogP contribution in [0.4, 0.5) is 5.69 Å². The first-order valence-electron chi connectivity index (χ1n) is 9.36. The monoisotopic (exact) mass is 490 g/mol. The van der Waals surface area contributed by atoms with E-state index in [-0.39, 0.29) is 4.90 Å². The molecule has 0 radical (unpaired) electrons. The Balaban J connectivity index is 1.51. The largest absolute Gasteiger partial charge is 0.455 e. The van der Waals surface area contributed by atoms with Gasteiger partial charge in [0.25, 0.3) is 5.91 Å². The summed E-state index contributed by atoms with van der Waals surface area (Å²) in [4.78, 5) is 25.9. The van der Waals surface area contributed by atoms with Crippen molar-refractivity contribution in [1.29, 1.82) is 0 Å². The van der Waals surface area contributed by atoms with Gasteiger partial charge in [-0.05, 0) is 48.5 Å². The Morgan fingerprint density at radius 3 is 2.28 bits per heavy atom. The molecular weight excluding hydrogens is 472 g/mol. The highest BCUT2D eigenvalue weighted by Crippen LogP contribution is 2.33. The molecule has 0 aliphatic carbocycles. The summed E-state index contributed by atoms with van der Waals surface area (Å²) < 4.78 is 31.2. The molecule has 0 unspecified atom stereocenters. The van der Waals surface area contributed by atoms with Gasteiger partial charge in [-0.2, -0.15) is 4.72 Å². The summed E-state index contributed by atoms with van der Waals surface area (Å²) in [5.74, 6) is -1.42. The quantitative estimate of drug-likeness (QED) is 0.440. The Hall–Kier alpha value is -2.85. The highest BCUT2D eigenvalue weighted by atomic mass is 35.5. The lowest BCUT2D eigenvalue weighted by Crippen LogP contribution is -2.32. The van der Waals surface area contributed by atoms with E-state index in [4.69, 9.17) is 16.3 Å². The molecule has 166 valence electrons. The molecule has 0 atom stereocenters. The van der Waals surface area contributed by atoms with Crippen LogP contribution in [0.15, 0.2) is 93.5 Å². The van der Waals surface area contributed by atoms with Crippen molar-refractivity contribution < 1.29 is 22.7 Å². The lowest BCUT2D eigenvalue weighted by molar-refractivity contribution is -0.146. The Labute approximate surface area is 195 Å². The van der Waals surface area contributed by atoms with Crippen LogP contribution in [0.5, 0.6) is 0 Å². The zero-order valence-corrected chi connectivity index (χ0v) is 19.0. The summed E-state index contributed by atoms with van der Waals surface area (Å²) in [5, 5.41) is 3.32. The second-order valence-electron chi connectivity index (χ2n) is 6.40. The van der Waals surface area contributed by atoms with Crippen LogP contribution < -0.4 is 10.0 Å². The summed E-state index contributed by atoms with van der Waals surface area (Å²) in [7, 11) is -3.84. The molecule has 0 aliphatic rings. The predicted octanol–water partition coefficient (Wildman–Crippen LogP) is 3.95. The van der Waals surface area contributed by atoms with Gasteiger partial charge in [-0.1, -0.05) is 53.7 Å². The minimum Gasteiger partial charge on any atom is -0.455 e. The minimum atomic E-state index is -3.84. The average molecular weight is 491 g/mol. The third kappa shape index (κ3) is 7.10. The van der Waals surface area contributed by atoms with E-state index in [1.54, 1.807) is 42.5 Å². The van der Waals surface area contributed by atoms with Crippen LogP contribution in [0.3, 0.4) is 0 Å². The van der Waals surface area contributed by atoms with E-state index in [1.165, 1.54) is 23.9 Å². The maximum absolute atomic E-state index is 12.2. The Morgan fingerprint density at radius 2 is 1.56 bits per heavy atom. The second-order valence-corrected chi connectivity index (χ2v) is 9.72. The van der Waals surface area contributed by atoms with Gasteiger partial charge in [-0.25, -0.2) is 8.42 Å². The fraction of sp³-hybridized carbons (Fsp3) is 0.0909. The molecule has 0 aromatic heterocycles. The molecule has 10 heteroatoms. The third-order valence-electron chi connectivity index (χ3n) is 4.03. The molecule has 0 heterocycles. The van der Waals surface area contributed by atoms with E-state index in [0.717, 1.165) is 9.79 Å². The van der Waals surface area contributed by atoms with E-state index < -0.39 is 35.1 Å². The first kappa shape index (κ1) is 23.8. The van der Waals surface area contributed by atoms with E-state index >= 15 is 0 Å². The number of amides is 1. The topological polar surface area (TPSA) is 102 Å². The number of carbonyl (C=O) groups is 2. The molecule has 0 aliphatic heterocycles. The van der Waals surface area contributed by atoms with Crippen molar-refractivity contribution in [3.05, 3.63) is 83.9 Å². The second kappa shape index (κ2) is 11.1. The molecular formula is C22H19ClN2O5S2. The van der Waals surface area contributed by atoms with Crippen molar-refractivity contribution in [3.63, 3.8) is 0 Å². The lowest BCUT2D eigenvalue weighted by atomic mass is 10.3. The Bertz CT molecular complexity index is 1190. The van der Waals surface area contributed by atoms with Gasteiger partial charge in [-0.3, -0.25) is 9.59 Å². The first-order valence-corrected chi connectivity index (χ1v) is 12.0. The smallest absolute Gasteiger partial charge is 0.321 e. The number of halogens is 1. The van der Waals surface area contributed by atoms with E-state index in [9.17, 15) is 18.0 Å². The number of hydrogen-bond acceptors (Lipinski definition) is 6. The van der Waals surface area contributed by atoms with E-state index in [2.05, 4.69) is 10.0 Å². The zero-order chi connectivity index (χ0) is 23.0. The Morgan fingerprint density at radius 1 is 0.906 bits per heavy atom. The van der Waals surface area contributed by atoms with Gasteiger partial charge in [0.1, 0.15) is 6.54 Å². The number of rotatable bonds is 9.